The van der Waals surface area contributed by atoms with Gasteiger partial charge in [-0.25, -0.2) is 0 Å². The molecule has 0 aromatic heterocycles. The number of carbonyl (C=O) groups excluding carboxylic acids is 3. The Bertz CT molecular complexity index is 1150. The van der Waals surface area contributed by atoms with Gasteiger partial charge >= 0.3 is 17.9 Å². The second-order valence-electron chi connectivity index (χ2n) is 21.7. The van der Waals surface area contributed by atoms with E-state index in [0.29, 0.717) is 19.3 Å². The maximum absolute atomic E-state index is 12.9. The lowest BCUT2D eigenvalue weighted by molar-refractivity contribution is -0.167. The van der Waals surface area contributed by atoms with Gasteiger partial charge in [-0.2, -0.15) is 0 Å². The number of rotatable bonds is 59. The number of hydrogen-bond acceptors (Lipinski definition) is 6. The fourth-order valence-electron chi connectivity index (χ4n) is 9.65. The lowest BCUT2D eigenvalue weighted by Crippen LogP contribution is -2.30. The SMILES string of the molecule is CCCCC/C=C\C/C=C\CCCCCCCCCC(=O)OC[C@H](COC(=O)CCCCCCCCCCCCCCCCCCCC)OC(=O)CCCCCCCCCCCCCCCCCCCC. The molecule has 418 valence electrons. The van der Waals surface area contributed by atoms with Gasteiger partial charge in [0.25, 0.3) is 0 Å². The summed E-state index contributed by atoms with van der Waals surface area (Å²) in [5.41, 5.74) is 0. The normalized spacial score (nSPS) is 12.1. The molecule has 0 aliphatic rings. The minimum absolute atomic E-state index is 0.0675. The molecule has 0 radical (unpaired) electrons. The highest BCUT2D eigenvalue weighted by molar-refractivity contribution is 5.71. The quantitative estimate of drug-likeness (QED) is 0.0261. The number of unbranched alkanes of at least 4 members (excludes halogenated alkanes) is 44. The lowest BCUT2D eigenvalue weighted by Gasteiger charge is -2.18. The summed E-state index contributed by atoms with van der Waals surface area (Å²) in [4.78, 5) is 38.3. The topological polar surface area (TPSA) is 78.9 Å². The van der Waals surface area contributed by atoms with Crippen molar-refractivity contribution >= 4 is 17.9 Å². The Morgan fingerprint density at radius 2 is 0.507 bits per heavy atom. The van der Waals surface area contributed by atoms with Crippen LogP contribution in [-0.4, -0.2) is 37.2 Å². The predicted octanol–water partition coefficient (Wildman–Crippen LogP) is 21.4. The van der Waals surface area contributed by atoms with E-state index in [2.05, 4.69) is 45.1 Å². The average Bonchev–Trinajstić information content (AvgIpc) is 3.37. The summed E-state index contributed by atoms with van der Waals surface area (Å²) in [5, 5.41) is 0. The van der Waals surface area contributed by atoms with Crippen LogP contribution < -0.4 is 0 Å². The Labute approximate surface area is 443 Å². The molecule has 0 rings (SSSR count). The molecular weight excluding hydrogens is 877 g/mol. The van der Waals surface area contributed by atoms with Crippen molar-refractivity contribution in [1.82, 2.24) is 0 Å². The largest absolute Gasteiger partial charge is 0.462 e. The molecule has 0 aliphatic heterocycles. The van der Waals surface area contributed by atoms with Gasteiger partial charge in [0.2, 0.25) is 0 Å². The van der Waals surface area contributed by atoms with Gasteiger partial charge in [-0.05, 0) is 51.4 Å². The molecule has 0 unspecified atom stereocenters. The fraction of sp³-hybridized carbons (Fsp3) is 0.892. The van der Waals surface area contributed by atoms with Gasteiger partial charge in [0.1, 0.15) is 13.2 Å². The second kappa shape index (κ2) is 60.4. The van der Waals surface area contributed by atoms with E-state index in [9.17, 15) is 14.4 Å². The minimum atomic E-state index is -0.770. The number of ether oxygens (including phenoxy) is 3. The van der Waals surface area contributed by atoms with Crippen molar-refractivity contribution < 1.29 is 28.6 Å². The van der Waals surface area contributed by atoms with E-state index in [1.807, 2.05) is 0 Å². The molecule has 0 bridgehead atoms. The van der Waals surface area contributed by atoms with Crippen molar-refractivity contribution in [3.8, 4) is 0 Å². The number of allylic oxidation sites excluding steroid dienone is 4. The Morgan fingerprint density at radius 1 is 0.282 bits per heavy atom. The second-order valence-corrected chi connectivity index (χ2v) is 21.7. The van der Waals surface area contributed by atoms with E-state index in [-0.39, 0.29) is 31.1 Å². The average molecular weight is 1000 g/mol. The Hall–Kier alpha value is -2.11. The van der Waals surface area contributed by atoms with E-state index in [0.717, 1.165) is 70.6 Å². The molecule has 0 aromatic carbocycles. The van der Waals surface area contributed by atoms with Crippen molar-refractivity contribution in [1.29, 1.82) is 0 Å². The monoisotopic (exact) mass is 999 g/mol. The van der Waals surface area contributed by atoms with Gasteiger partial charge in [0, 0.05) is 19.3 Å². The molecule has 0 spiro atoms. The summed E-state index contributed by atoms with van der Waals surface area (Å²) < 4.78 is 17.0. The standard InChI is InChI=1S/C65H122O6/c1-4-7-10-13-16-19-22-25-28-31-34-37-40-43-46-49-52-55-58-64(67)70-61-62(60-69-63(66)57-54-51-48-45-42-39-36-33-30-27-24-21-18-15-12-9-6-3)71-65(68)59-56-53-50-47-44-41-38-35-32-29-26-23-20-17-14-11-8-5-2/h18,21,27,30,62H,4-17,19-20,22-26,28-29,31-61H2,1-3H3/b21-18-,30-27-/t62-/m1/s1. The molecule has 0 aliphatic carbocycles. The third-order valence-electron chi connectivity index (χ3n) is 14.5. The van der Waals surface area contributed by atoms with Crippen LogP contribution in [0, 0.1) is 0 Å². The van der Waals surface area contributed by atoms with Gasteiger partial charge in [-0.1, -0.05) is 308 Å². The van der Waals surface area contributed by atoms with E-state index < -0.39 is 6.10 Å². The summed E-state index contributed by atoms with van der Waals surface area (Å²) in [5.74, 6) is -0.847. The molecule has 0 saturated carbocycles. The number of carbonyl (C=O) groups is 3. The van der Waals surface area contributed by atoms with Gasteiger partial charge in [0.05, 0.1) is 0 Å². The van der Waals surface area contributed by atoms with Crippen LogP contribution in [0.4, 0.5) is 0 Å². The highest BCUT2D eigenvalue weighted by atomic mass is 16.6. The first-order valence-corrected chi connectivity index (χ1v) is 31.8. The van der Waals surface area contributed by atoms with Crippen molar-refractivity contribution in [3.05, 3.63) is 24.3 Å². The lowest BCUT2D eigenvalue weighted by atomic mass is 10.0. The molecular formula is C65H122O6. The van der Waals surface area contributed by atoms with Crippen LogP contribution in [0.15, 0.2) is 24.3 Å². The van der Waals surface area contributed by atoms with Gasteiger partial charge in [-0.15, -0.1) is 0 Å². The Kier molecular flexibility index (Phi) is 58.6. The first-order chi connectivity index (χ1) is 35.0. The minimum Gasteiger partial charge on any atom is -0.462 e. The summed E-state index contributed by atoms with van der Waals surface area (Å²) >= 11 is 0. The molecule has 0 aromatic rings. The van der Waals surface area contributed by atoms with E-state index in [1.54, 1.807) is 0 Å². The number of hydrogen-bond donors (Lipinski definition) is 0. The van der Waals surface area contributed by atoms with Crippen LogP contribution in [0.3, 0.4) is 0 Å². The van der Waals surface area contributed by atoms with E-state index >= 15 is 0 Å². The maximum atomic E-state index is 12.9. The smallest absolute Gasteiger partial charge is 0.306 e. The zero-order valence-electron chi connectivity index (χ0n) is 48.0. The summed E-state index contributed by atoms with van der Waals surface area (Å²) in [6, 6.07) is 0. The van der Waals surface area contributed by atoms with Crippen LogP contribution >= 0.6 is 0 Å². The van der Waals surface area contributed by atoms with Crippen molar-refractivity contribution in [2.45, 2.75) is 361 Å². The van der Waals surface area contributed by atoms with Gasteiger partial charge < -0.3 is 14.2 Å². The highest BCUT2D eigenvalue weighted by Gasteiger charge is 2.19. The molecule has 1 atom stereocenters. The molecule has 0 N–H and O–H groups in total. The van der Waals surface area contributed by atoms with E-state index in [4.69, 9.17) is 14.2 Å². The summed E-state index contributed by atoms with van der Waals surface area (Å²) in [6.45, 7) is 6.68. The summed E-state index contributed by atoms with van der Waals surface area (Å²) in [7, 11) is 0. The van der Waals surface area contributed by atoms with Crippen LogP contribution in [0.2, 0.25) is 0 Å². The first-order valence-electron chi connectivity index (χ1n) is 31.8. The molecule has 6 nitrogen and oxygen atoms in total. The van der Waals surface area contributed by atoms with Gasteiger partial charge in [-0.3, -0.25) is 14.4 Å². The summed E-state index contributed by atoms with van der Waals surface area (Å²) in [6.07, 6.45) is 71.7. The van der Waals surface area contributed by atoms with Gasteiger partial charge in [0.15, 0.2) is 6.10 Å². The van der Waals surface area contributed by atoms with Crippen LogP contribution in [0.5, 0.6) is 0 Å². The van der Waals surface area contributed by atoms with Crippen LogP contribution in [-0.2, 0) is 28.6 Å². The van der Waals surface area contributed by atoms with Crippen LogP contribution in [0.1, 0.15) is 355 Å². The highest BCUT2D eigenvalue weighted by Crippen LogP contribution is 2.18. The first kappa shape index (κ1) is 68.9. The molecule has 0 saturated heterocycles. The Balaban J connectivity index is 4.32. The molecule has 0 heterocycles. The van der Waals surface area contributed by atoms with Crippen molar-refractivity contribution in [2.75, 3.05) is 13.2 Å². The van der Waals surface area contributed by atoms with Crippen LogP contribution in [0.25, 0.3) is 0 Å². The maximum Gasteiger partial charge on any atom is 0.306 e. The van der Waals surface area contributed by atoms with E-state index in [1.165, 1.54) is 244 Å². The van der Waals surface area contributed by atoms with Crippen molar-refractivity contribution in [3.63, 3.8) is 0 Å². The Morgan fingerprint density at radius 3 is 0.803 bits per heavy atom. The molecule has 71 heavy (non-hydrogen) atoms. The molecule has 6 heteroatoms. The van der Waals surface area contributed by atoms with Crippen molar-refractivity contribution in [2.24, 2.45) is 0 Å². The predicted molar refractivity (Wildman–Crippen MR) is 307 cm³/mol. The number of esters is 3. The fourth-order valence-corrected chi connectivity index (χ4v) is 9.65. The third kappa shape index (κ3) is 58.7. The zero-order valence-corrected chi connectivity index (χ0v) is 48.0. The zero-order chi connectivity index (χ0) is 51.4. The third-order valence-corrected chi connectivity index (χ3v) is 14.5. The molecule has 0 fully saturated rings. The molecule has 0 amide bonds.